The summed E-state index contributed by atoms with van der Waals surface area (Å²) in [6.45, 7) is 5.19. The molecule has 0 N–H and O–H groups in total. The van der Waals surface area contributed by atoms with Crippen molar-refractivity contribution in [2.75, 3.05) is 26.2 Å². The van der Waals surface area contributed by atoms with Gasteiger partial charge in [-0.25, -0.2) is 13.4 Å². The molecular weight excluding hydrogens is 428 g/mol. The average Bonchev–Trinajstić information content (AvgIpc) is 3.59. The molecule has 1 saturated heterocycles. The molecule has 1 aliphatic carbocycles. The first-order valence-corrected chi connectivity index (χ1v) is 12.4. The molecule has 2 aromatic heterocycles. The Balaban J connectivity index is 1.40. The van der Waals surface area contributed by atoms with E-state index in [2.05, 4.69) is 10.1 Å². The van der Waals surface area contributed by atoms with E-state index in [-0.39, 0.29) is 17.3 Å². The van der Waals surface area contributed by atoms with Gasteiger partial charge in [0.2, 0.25) is 10.0 Å². The fourth-order valence-corrected chi connectivity index (χ4v) is 5.71. The van der Waals surface area contributed by atoms with Gasteiger partial charge in [-0.15, -0.1) is 0 Å². The lowest BCUT2D eigenvalue weighted by Gasteiger charge is -2.22. The van der Waals surface area contributed by atoms with Gasteiger partial charge in [-0.1, -0.05) is 22.9 Å². The van der Waals surface area contributed by atoms with Gasteiger partial charge in [-0.2, -0.15) is 4.31 Å². The third kappa shape index (κ3) is 3.80. The van der Waals surface area contributed by atoms with Gasteiger partial charge in [0.25, 0.3) is 11.6 Å². The van der Waals surface area contributed by atoms with Crippen LogP contribution in [0, 0.1) is 13.8 Å². The summed E-state index contributed by atoms with van der Waals surface area (Å²) < 4.78 is 33.1. The highest BCUT2D eigenvalue weighted by molar-refractivity contribution is 7.89. The average molecular weight is 455 g/mol. The van der Waals surface area contributed by atoms with Crippen molar-refractivity contribution < 1.29 is 17.7 Å². The lowest BCUT2D eigenvalue weighted by molar-refractivity contribution is 0.0766. The molecule has 2 fully saturated rings. The monoisotopic (exact) mass is 454 g/mol. The molecule has 3 aromatic rings. The largest absolute Gasteiger partial charge is 0.337 e. The standard InChI is InChI=1S/C23H26N4O4S/c1-15-4-8-18(9-5-15)32(29,30)27-11-3-10-26(12-13-27)23(28)19-14-20(17-6-7-17)24-22-21(19)16(2)25-31-22/h4-5,8-9,14,17H,3,6-7,10-13H2,1-2H3. The van der Waals surface area contributed by atoms with Crippen molar-refractivity contribution in [1.29, 1.82) is 0 Å². The maximum Gasteiger partial charge on any atom is 0.259 e. The maximum absolute atomic E-state index is 13.5. The summed E-state index contributed by atoms with van der Waals surface area (Å²) in [5.74, 6) is 0.246. The molecule has 3 heterocycles. The summed E-state index contributed by atoms with van der Waals surface area (Å²) in [6.07, 6.45) is 2.70. The van der Waals surface area contributed by atoms with Crippen LogP contribution in [0.3, 0.4) is 0 Å². The number of carbonyl (C=O) groups is 1. The fraction of sp³-hybridized carbons (Fsp3) is 0.435. The Hall–Kier alpha value is -2.78. The third-order valence-corrected chi connectivity index (χ3v) is 8.18. The normalized spacial score (nSPS) is 18.1. The predicted octanol–water partition coefficient (Wildman–Crippen LogP) is 3.25. The van der Waals surface area contributed by atoms with E-state index in [1.807, 2.05) is 13.0 Å². The molecule has 0 spiro atoms. The van der Waals surface area contributed by atoms with Crippen LogP contribution < -0.4 is 0 Å². The smallest absolute Gasteiger partial charge is 0.259 e. The summed E-state index contributed by atoms with van der Waals surface area (Å²) in [4.78, 5) is 20.1. The van der Waals surface area contributed by atoms with Gasteiger partial charge in [-0.05, 0) is 51.3 Å². The van der Waals surface area contributed by atoms with Crippen molar-refractivity contribution in [1.82, 2.24) is 19.3 Å². The van der Waals surface area contributed by atoms with Gasteiger partial charge in [0.15, 0.2) is 0 Å². The molecule has 0 atom stereocenters. The molecule has 5 rings (SSSR count). The van der Waals surface area contributed by atoms with Crippen molar-refractivity contribution in [3.63, 3.8) is 0 Å². The first-order chi connectivity index (χ1) is 15.3. The summed E-state index contributed by atoms with van der Waals surface area (Å²) >= 11 is 0. The van der Waals surface area contributed by atoms with Crippen LogP contribution in [0.1, 0.15) is 52.5 Å². The molecule has 1 aromatic carbocycles. The lowest BCUT2D eigenvalue weighted by atomic mass is 10.1. The van der Waals surface area contributed by atoms with Crippen LogP contribution in [-0.2, 0) is 10.0 Å². The molecule has 0 radical (unpaired) electrons. The van der Waals surface area contributed by atoms with Gasteiger partial charge < -0.3 is 9.42 Å². The van der Waals surface area contributed by atoms with Crippen LogP contribution in [0.5, 0.6) is 0 Å². The minimum atomic E-state index is -3.60. The second-order valence-electron chi connectivity index (χ2n) is 8.68. The number of aromatic nitrogens is 2. The van der Waals surface area contributed by atoms with E-state index in [1.54, 1.807) is 36.1 Å². The Kier molecular flexibility index (Phi) is 5.25. The van der Waals surface area contributed by atoms with Crippen LogP contribution in [0.4, 0.5) is 0 Å². The van der Waals surface area contributed by atoms with Crippen molar-refractivity contribution in [3.05, 3.63) is 52.8 Å². The van der Waals surface area contributed by atoms with Crippen molar-refractivity contribution >= 4 is 27.0 Å². The predicted molar refractivity (Wildman–Crippen MR) is 119 cm³/mol. The Morgan fingerprint density at radius 3 is 2.53 bits per heavy atom. The molecule has 168 valence electrons. The SMILES string of the molecule is Cc1ccc(S(=O)(=O)N2CCCN(C(=O)c3cc(C4CC4)nc4onc(C)c34)CC2)cc1. The molecule has 8 nitrogen and oxygen atoms in total. The van der Waals surface area contributed by atoms with Gasteiger partial charge in [0.05, 0.1) is 21.5 Å². The zero-order valence-electron chi connectivity index (χ0n) is 18.2. The van der Waals surface area contributed by atoms with Crippen LogP contribution in [0.2, 0.25) is 0 Å². The van der Waals surface area contributed by atoms with Crippen LogP contribution >= 0.6 is 0 Å². The zero-order chi connectivity index (χ0) is 22.5. The maximum atomic E-state index is 13.5. The number of aryl methyl sites for hydroxylation is 2. The van der Waals surface area contributed by atoms with E-state index in [0.29, 0.717) is 54.3 Å². The number of hydrogen-bond donors (Lipinski definition) is 0. The zero-order valence-corrected chi connectivity index (χ0v) is 19.1. The summed E-state index contributed by atoms with van der Waals surface area (Å²) in [6, 6.07) is 8.75. The Labute approximate surface area is 187 Å². The molecule has 32 heavy (non-hydrogen) atoms. The second-order valence-corrected chi connectivity index (χ2v) is 10.6. The summed E-state index contributed by atoms with van der Waals surface area (Å²) in [5, 5.41) is 4.66. The van der Waals surface area contributed by atoms with Crippen LogP contribution in [0.15, 0.2) is 39.8 Å². The van der Waals surface area contributed by atoms with E-state index >= 15 is 0 Å². The first kappa shape index (κ1) is 21.1. The highest BCUT2D eigenvalue weighted by Gasteiger charge is 2.32. The summed E-state index contributed by atoms with van der Waals surface area (Å²) in [5.41, 5.74) is 3.46. The fourth-order valence-electron chi connectivity index (χ4n) is 4.24. The number of nitrogens with zero attached hydrogens (tertiary/aromatic N) is 4. The number of sulfonamides is 1. The number of pyridine rings is 1. The van der Waals surface area contributed by atoms with E-state index < -0.39 is 10.0 Å². The molecule has 0 bridgehead atoms. The highest BCUT2D eigenvalue weighted by atomic mass is 32.2. The molecule has 0 unspecified atom stereocenters. The van der Waals surface area contributed by atoms with E-state index in [9.17, 15) is 13.2 Å². The number of rotatable bonds is 4. The molecule has 1 saturated carbocycles. The van der Waals surface area contributed by atoms with Crippen LogP contribution in [0.25, 0.3) is 11.1 Å². The highest BCUT2D eigenvalue weighted by Crippen LogP contribution is 2.40. The number of hydrogen-bond acceptors (Lipinski definition) is 6. The van der Waals surface area contributed by atoms with Gasteiger partial charge >= 0.3 is 0 Å². The molecular formula is C23H26N4O4S. The van der Waals surface area contributed by atoms with E-state index in [1.165, 1.54) is 4.31 Å². The Bertz CT molecular complexity index is 1280. The number of benzene rings is 1. The van der Waals surface area contributed by atoms with Crippen molar-refractivity contribution in [3.8, 4) is 0 Å². The number of carbonyl (C=O) groups excluding carboxylic acids is 1. The molecule has 1 amide bonds. The summed E-state index contributed by atoms with van der Waals surface area (Å²) in [7, 11) is -3.60. The minimum Gasteiger partial charge on any atom is -0.337 e. The van der Waals surface area contributed by atoms with Crippen molar-refractivity contribution in [2.24, 2.45) is 0 Å². The van der Waals surface area contributed by atoms with Crippen molar-refractivity contribution in [2.45, 2.75) is 43.9 Å². The number of amides is 1. The van der Waals surface area contributed by atoms with E-state index in [4.69, 9.17) is 4.52 Å². The number of fused-ring (bicyclic) bond motifs is 1. The molecule has 1 aliphatic heterocycles. The molecule has 9 heteroatoms. The van der Waals surface area contributed by atoms with E-state index in [0.717, 1.165) is 24.1 Å². The van der Waals surface area contributed by atoms with Gasteiger partial charge in [-0.3, -0.25) is 4.79 Å². The van der Waals surface area contributed by atoms with Crippen LogP contribution in [-0.4, -0.2) is 59.8 Å². The lowest BCUT2D eigenvalue weighted by Crippen LogP contribution is -2.37. The Morgan fingerprint density at radius 2 is 1.81 bits per heavy atom. The molecule has 2 aliphatic rings. The Morgan fingerprint density at radius 1 is 1.06 bits per heavy atom. The first-order valence-electron chi connectivity index (χ1n) is 11.0. The van der Waals surface area contributed by atoms with Gasteiger partial charge in [0, 0.05) is 37.8 Å². The topological polar surface area (TPSA) is 96.6 Å². The second kappa shape index (κ2) is 7.97. The third-order valence-electron chi connectivity index (χ3n) is 6.26. The minimum absolute atomic E-state index is 0.125. The quantitative estimate of drug-likeness (QED) is 0.600. The van der Waals surface area contributed by atoms with Gasteiger partial charge in [0.1, 0.15) is 0 Å².